The van der Waals surface area contributed by atoms with Crippen LogP contribution in [0.2, 0.25) is 0 Å². The van der Waals surface area contributed by atoms with E-state index in [2.05, 4.69) is 0 Å². The maximum atomic E-state index is 13.0. The zero-order valence-electron chi connectivity index (χ0n) is 18.1. The molecule has 7 heteroatoms. The summed E-state index contributed by atoms with van der Waals surface area (Å²) in [7, 11) is 0. The fraction of sp³-hybridized carbons (Fsp3) is 0.154. The molecule has 0 N–H and O–H groups in total. The van der Waals surface area contributed by atoms with E-state index in [1.54, 1.807) is 4.90 Å². The summed E-state index contributed by atoms with van der Waals surface area (Å²) in [4.78, 5) is 15.1. The number of thioether (sulfide) groups is 1. The van der Waals surface area contributed by atoms with Crippen LogP contribution >= 0.6 is 24.0 Å². The molecule has 0 aliphatic carbocycles. The monoisotopic (exact) mass is 477 g/mol. The van der Waals surface area contributed by atoms with Gasteiger partial charge in [0.25, 0.3) is 5.91 Å². The Labute approximate surface area is 203 Å². The molecule has 1 saturated heterocycles. The van der Waals surface area contributed by atoms with E-state index in [1.807, 2.05) is 91.9 Å². The second kappa shape index (κ2) is 11.0. The average molecular weight is 478 g/mol. The van der Waals surface area contributed by atoms with Gasteiger partial charge in [-0.25, -0.2) is 0 Å². The second-order valence-corrected chi connectivity index (χ2v) is 8.70. The average Bonchev–Trinajstić information content (AvgIpc) is 3.11. The van der Waals surface area contributed by atoms with Gasteiger partial charge in [0.15, 0.2) is 4.32 Å². The molecule has 3 aromatic carbocycles. The Bertz CT molecular complexity index is 1150. The third-order valence-electron chi connectivity index (χ3n) is 4.72. The molecule has 0 unspecified atom stereocenters. The molecule has 0 atom stereocenters. The van der Waals surface area contributed by atoms with Crippen molar-refractivity contribution >= 4 is 46.0 Å². The number of benzene rings is 3. The Kier molecular flexibility index (Phi) is 7.65. The summed E-state index contributed by atoms with van der Waals surface area (Å²) in [6.45, 7) is 3.37. The highest BCUT2D eigenvalue weighted by Gasteiger charge is 2.33. The van der Waals surface area contributed by atoms with E-state index in [1.165, 1.54) is 11.8 Å². The van der Waals surface area contributed by atoms with Gasteiger partial charge < -0.3 is 14.2 Å². The highest BCUT2D eigenvalue weighted by Crippen LogP contribution is 2.36. The van der Waals surface area contributed by atoms with E-state index < -0.39 is 0 Å². The Hall–Kier alpha value is -3.29. The standard InChI is InChI=1S/C26H23NO4S2/c1-2-29-22-13-11-20(12-14-22)27-25(28)24(33-26(27)32)18-19-7-6-10-23(17-19)31-16-15-30-21-8-4-3-5-9-21/h3-14,17-18H,2,15-16H2,1H3/b24-18+. The molecule has 0 aromatic heterocycles. The number of amides is 1. The number of ether oxygens (including phenoxy) is 3. The van der Waals surface area contributed by atoms with E-state index >= 15 is 0 Å². The molecule has 33 heavy (non-hydrogen) atoms. The van der Waals surface area contributed by atoms with Crippen LogP contribution in [-0.4, -0.2) is 30.0 Å². The molecule has 0 bridgehead atoms. The third-order valence-corrected chi connectivity index (χ3v) is 6.02. The zero-order chi connectivity index (χ0) is 23.0. The van der Waals surface area contributed by atoms with Crippen molar-refractivity contribution in [2.45, 2.75) is 6.92 Å². The van der Waals surface area contributed by atoms with Gasteiger partial charge in [-0.15, -0.1) is 0 Å². The van der Waals surface area contributed by atoms with Gasteiger partial charge in [0.2, 0.25) is 0 Å². The van der Waals surface area contributed by atoms with Gasteiger partial charge in [-0.3, -0.25) is 9.69 Å². The first-order valence-corrected chi connectivity index (χ1v) is 11.8. The van der Waals surface area contributed by atoms with Crippen LogP contribution in [0.1, 0.15) is 12.5 Å². The van der Waals surface area contributed by atoms with Gasteiger partial charge in [-0.1, -0.05) is 54.3 Å². The first kappa shape index (κ1) is 22.9. The summed E-state index contributed by atoms with van der Waals surface area (Å²) in [5.74, 6) is 2.14. The normalized spacial score (nSPS) is 14.6. The summed E-state index contributed by atoms with van der Waals surface area (Å²) in [5.41, 5.74) is 1.59. The molecule has 4 rings (SSSR count). The summed E-state index contributed by atoms with van der Waals surface area (Å²) in [6, 6.07) is 24.6. The number of nitrogens with zero attached hydrogens (tertiary/aromatic N) is 1. The van der Waals surface area contributed by atoms with Gasteiger partial charge in [-0.05, 0) is 67.1 Å². The molecule has 1 heterocycles. The second-order valence-electron chi connectivity index (χ2n) is 7.03. The lowest BCUT2D eigenvalue weighted by Gasteiger charge is -2.15. The van der Waals surface area contributed by atoms with Crippen LogP contribution in [0.5, 0.6) is 17.2 Å². The summed E-state index contributed by atoms with van der Waals surface area (Å²) < 4.78 is 17.4. The minimum absolute atomic E-state index is 0.142. The quantitative estimate of drug-likeness (QED) is 0.216. The number of rotatable bonds is 9. The van der Waals surface area contributed by atoms with Crippen LogP contribution < -0.4 is 19.1 Å². The van der Waals surface area contributed by atoms with Crippen molar-refractivity contribution in [3.63, 3.8) is 0 Å². The summed E-state index contributed by atoms with van der Waals surface area (Å²) >= 11 is 6.76. The van der Waals surface area contributed by atoms with Gasteiger partial charge in [0.1, 0.15) is 30.5 Å². The molecule has 1 aliphatic rings. The number of carbonyl (C=O) groups is 1. The van der Waals surface area contributed by atoms with Gasteiger partial charge in [-0.2, -0.15) is 0 Å². The van der Waals surface area contributed by atoms with Crippen LogP contribution in [0, 0.1) is 0 Å². The lowest BCUT2D eigenvalue weighted by Crippen LogP contribution is -2.27. The molecule has 0 saturated carbocycles. The van der Waals surface area contributed by atoms with Crippen LogP contribution in [0.25, 0.3) is 6.08 Å². The molecule has 5 nitrogen and oxygen atoms in total. The SMILES string of the molecule is CCOc1ccc(N2C(=O)/C(=C\c3cccc(OCCOc4ccccc4)c3)SC2=S)cc1. The van der Waals surface area contributed by atoms with Gasteiger partial charge in [0.05, 0.1) is 17.2 Å². The van der Waals surface area contributed by atoms with Crippen molar-refractivity contribution in [1.29, 1.82) is 0 Å². The number of para-hydroxylation sites is 1. The van der Waals surface area contributed by atoms with E-state index in [0.717, 1.165) is 22.7 Å². The summed E-state index contributed by atoms with van der Waals surface area (Å²) in [6.07, 6.45) is 1.83. The van der Waals surface area contributed by atoms with Crippen LogP contribution in [0.15, 0.2) is 83.8 Å². The first-order valence-electron chi connectivity index (χ1n) is 10.6. The predicted molar refractivity (Wildman–Crippen MR) is 137 cm³/mol. The molecular formula is C26H23NO4S2. The Morgan fingerprint density at radius 2 is 1.52 bits per heavy atom. The molecule has 0 radical (unpaired) electrons. The minimum Gasteiger partial charge on any atom is -0.494 e. The van der Waals surface area contributed by atoms with Crippen molar-refractivity contribution in [3.05, 3.63) is 89.3 Å². The largest absolute Gasteiger partial charge is 0.494 e. The zero-order valence-corrected chi connectivity index (χ0v) is 19.7. The topological polar surface area (TPSA) is 48.0 Å². The maximum Gasteiger partial charge on any atom is 0.270 e. The molecule has 0 spiro atoms. The van der Waals surface area contributed by atoms with Crippen molar-refractivity contribution < 1.29 is 19.0 Å². The maximum absolute atomic E-state index is 13.0. The Balaban J connectivity index is 1.39. The van der Waals surface area contributed by atoms with Crippen LogP contribution in [0.4, 0.5) is 5.69 Å². The number of carbonyl (C=O) groups excluding carboxylic acids is 1. The van der Waals surface area contributed by atoms with E-state index in [-0.39, 0.29) is 5.91 Å². The lowest BCUT2D eigenvalue weighted by molar-refractivity contribution is -0.113. The molecule has 168 valence electrons. The number of hydrogen-bond acceptors (Lipinski definition) is 6. The van der Waals surface area contributed by atoms with Gasteiger partial charge >= 0.3 is 0 Å². The van der Waals surface area contributed by atoms with Crippen LogP contribution in [0.3, 0.4) is 0 Å². The third kappa shape index (κ3) is 5.94. The summed E-state index contributed by atoms with van der Waals surface area (Å²) in [5, 5.41) is 0. The lowest BCUT2D eigenvalue weighted by atomic mass is 10.2. The molecule has 1 amide bonds. The molecular weight excluding hydrogens is 454 g/mol. The van der Waals surface area contributed by atoms with E-state index in [4.69, 9.17) is 26.4 Å². The highest BCUT2D eigenvalue weighted by atomic mass is 32.2. The fourth-order valence-corrected chi connectivity index (χ4v) is 4.53. The predicted octanol–water partition coefficient (Wildman–Crippen LogP) is 5.95. The molecule has 1 fully saturated rings. The number of thiocarbonyl (C=S) groups is 1. The van der Waals surface area contributed by atoms with Crippen molar-refractivity contribution in [2.24, 2.45) is 0 Å². The smallest absolute Gasteiger partial charge is 0.270 e. The van der Waals surface area contributed by atoms with Crippen molar-refractivity contribution in [2.75, 3.05) is 24.7 Å². The Morgan fingerprint density at radius 1 is 0.848 bits per heavy atom. The number of hydrogen-bond donors (Lipinski definition) is 0. The molecule has 1 aliphatic heterocycles. The van der Waals surface area contributed by atoms with Crippen molar-refractivity contribution in [3.8, 4) is 17.2 Å². The van der Waals surface area contributed by atoms with Crippen LogP contribution in [-0.2, 0) is 4.79 Å². The van der Waals surface area contributed by atoms with E-state index in [0.29, 0.717) is 34.8 Å². The van der Waals surface area contributed by atoms with Gasteiger partial charge in [0, 0.05) is 0 Å². The minimum atomic E-state index is -0.142. The number of anilines is 1. The van der Waals surface area contributed by atoms with Crippen molar-refractivity contribution in [1.82, 2.24) is 0 Å². The first-order chi connectivity index (χ1) is 16.1. The fourth-order valence-electron chi connectivity index (χ4n) is 3.23. The highest BCUT2D eigenvalue weighted by molar-refractivity contribution is 8.27. The molecule has 3 aromatic rings. The Morgan fingerprint density at radius 3 is 2.24 bits per heavy atom. The van der Waals surface area contributed by atoms with E-state index in [9.17, 15) is 4.79 Å².